The highest BCUT2D eigenvalue weighted by Gasteiger charge is 2.13. The molecule has 1 atom stereocenters. The van der Waals surface area contributed by atoms with Crippen LogP contribution in [0.2, 0.25) is 0 Å². The van der Waals surface area contributed by atoms with Crippen LogP contribution in [-0.2, 0) is 4.79 Å². The summed E-state index contributed by atoms with van der Waals surface area (Å²) in [6.07, 6.45) is 0.569. The fourth-order valence-electron chi connectivity index (χ4n) is 2.73. The van der Waals surface area contributed by atoms with E-state index < -0.39 is 0 Å². The van der Waals surface area contributed by atoms with Crippen LogP contribution in [-0.4, -0.2) is 24.2 Å². The minimum atomic E-state index is -0.0815. The van der Waals surface area contributed by atoms with Gasteiger partial charge in [-0.05, 0) is 29.5 Å². The van der Waals surface area contributed by atoms with Gasteiger partial charge in [-0.25, -0.2) is 0 Å². The Kier molecular flexibility index (Phi) is 6.97. The fourth-order valence-corrected chi connectivity index (χ4v) is 2.73. The zero-order chi connectivity index (χ0) is 17.4. The Morgan fingerprint density at radius 2 is 1.71 bits per heavy atom. The predicted molar refractivity (Wildman–Crippen MR) is 98.0 cm³/mol. The molecule has 0 saturated carbocycles. The highest BCUT2D eigenvalue weighted by molar-refractivity contribution is 5.93. The maximum Gasteiger partial charge on any atom is 0.238 e. The first kappa shape index (κ1) is 18.2. The number of para-hydroxylation sites is 1. The van der Waals surface area contributed by atoms with Crippen molar-refractivity contribution in [3.05, 3.63) is 65.7 Å². The van der Waals surface area contributed by atoms with E-state index >= 15 is 0 Å². The Hall–Kier alpha value is -2.17. The van der Waals surface area contributed by atoms with Crippen LogP contribution in [0.3, 0.4) is 0 Å². The molecule has 0 aliphatic rings. The van der Waals surface area contributed by atoms with Crippen molar-refractivity contribution in [2.24, 2.45) is 0 Å². The molecular weight excluding hydrogens is 300 g/mol. The maximum absolute atomic E-state index is 12.3. The molecule has 0 heterocycles. The number of anilines is 1. The van der Waals surface area contributed by atoms with Crippen molar-refractivity contribution in [2.45, 2.75) is 32.2 Å². The van der Waals surface area contributed by atoms with Gasteiger partial charge in [0.25, 0.3) is 0 Å². The number of carbonyl (C=O) groups excluding carboxylic acids is 1. The monoisotopic (exact) mass is 326 g/mol. The Balaban J connectivity index is 1.97. The van der Waals surface area contributed by atoms with Gasteiger partial charge in [0.15, 0.2) is 0 Å². The molecule has 128 valence electrons. The van der Waals surface area contributed by atoms with Crippen LogP contribution in [0.4, 0.5) is 5.69 Å². The largest absolute Gasteiger partial charge is 0.396 e. The number of aliphatic hydroxyl groups excluding tert-OH is 1. The average molecular weight is 326 g/mol. The molecule has 0 fully saturated rings. The Morgan fingerprint density at radius 3 is 2.38 bits per heavy atom. The van der Waals surface area contributed by atoms with Crippen molar-refractivity contribution in [1.29, 1.82) is 0 Å². The van der Waals surface area contributed by atoms with Gasteiger partial charge in [0.1, 0.15) is 0 Å². The summed E-state index contributed by atoms with van der Waals surface area (Å²) in [7, 11) is 0. The van der Waals surface area contributed by atoms with Crippen molar-refractivity contribution in [2.75, 3.05) is 18.5 Å². The third-order valence-electron chi connectivity index (χ3n) is 3.99. The van der Waals surface area contributed by atoms with Gasteiger partial charge in [0.2, 0.25) is 5.91 Å². The van der Waals surface area contributed by atoms with E-state index in [1.807, 2.05) is 54.6 Å². The molecule has 2 aromatic rings. The molecule has 1 amide bonds. The van der Waals surface area contributed by atoms with Crippen LogP contribution >= 0.6 is 0 Å². The van der Waals surface area contributed by atoms with E-state index in [9.17, 15) is 9.90 Å². The van der Waals surface area contributed by atoms with Crippen LogP contribution < -0.4 is 10.6 Å². The number of carbonyl (C=O) groups is 1. The molecule has 4 heteroatoms. The predicted octanol–water partition coefficient (Wildman–Crippen LogP) is 3.46. The molecule has 2 rings (SSSR count). The molecule has 0 aliphatic carbocycles. The average Bonchev–Trinajstić information content (AvgIpc) is 2.59. The van der Waals surface area contributed by atoms with Crippen molar-refractivity contribution < 1.29 is 9.90 Å². The highest BCUT2D eigenvalue weighted by Crippen LogP contribution is 2.23. The first-order chi connectivity index (χ1) is 11.6. The number of benzene rings is 2. The van der Waals surface area contributed by atoms with E-state index in [-0.39, 0.29) is 25.1 Å². The first-order valence-electron chi connectivity index (χ1n) is 8.39. The number of hydrogen-bond acceptors (Lipinski definition) is 3. The molecule has 0 aromatic heterocycles. The maximum atomic E-state index is 12.3. The van der Waals surface area contributed by atoms with Crippen molar-refractivity contribution >= 4 is 11.6 Å². The lowest BCUT2D eigenvalue weighted by Gasteiger charge is -2.19. The van der Waals surface area contributed by atoms with Crippen LogP contribution in [0.15, 0.2) is 54.6 Å². The Bertz CT molecular complexity index is 641. The van der Waals surface area contributed by atoms with Gasteiger partial charge in [-0.2, -0.15) is 0 Å². The van der Waals surface area contributed by atoms with E-state index in [1.165, 1.54) is 0 Å². The number of aliphatic hydroxyl groups is 1. The summed E-state index contributed by atoms with van der Waals surface area (Å²) in [5, 5.41) is 15.5. The van der Waals surface area contributed by atoms with Gasteiger partial charge in [-0.1, -0.05) is 62.4 Å². The SMILES string of the molecule is CC(C)c1ccccc1NC(=O)CNC(CCO)c1ccccc1. The van der Waals surface area contributed by atoms with Crippen LogP contribution in [0.25, 0.3) is 0 Å². The summed E-state index contributed by atoms with van der Waals surface area (Å²) in [6, 6.07) is 17.7. The summed E-state index contributed by atoms with van der Waals surface area (Å²) < 4.78 is 0. The number of rotatable bonds is 8. The second kappa shape index (κ2) is 9.21. The molecule has 0 bridgehead atoms. The summed E-state index contributed by atoms with van der Waals surface area (Å²) in [6.45, 7) is 4.49. The molecule has 4 nitrogen and oxygen atoms in total. The quantitative estimate of drug-likeness (QED) is 0.696. The molecule has 0 aliphatic heterocycles. The second-order valence-corrected chi connectivity index (χ2v) is 6.15. The summed E-state index contributed by atoms with van der Waals surface area (Å²) in [5.74, 6) is 0.267. The van der Waals surface area contributed by atoms with E-state index in [1.54, 1.807) is 0 Å². The molecule has 1 unspecified atom stereocenters. The van der Waals surface area contributed by atoms with E-state index in [4.69, 9.17) is 0 Å². The van der Waals surface area contributed by atoms with Crippen molar-refractivity contribution in [3.63, 3.8) is 0 Å². The van der Waals surface area contributed by atoms with E-state index in [2.05, 4.69) is 24.5 Å². The zero-order valence-corrected chi connectivity index (χ0v) is 14.3. The smallest absolute Gasteiger partial charge is 0.238 e. The lowest BCUT2D eigenvalue weighted by Crippen LogP contribution is -2.32. The van der Waals surface area contributed by atoms with Crippen molar-refractivity contribution in [3.8, 4) is 0 Å². The van der Waals surface area contributed by atoms with Crippen LogP contribution in [0.5, 0.6) is 0 Å². The molecule has 0 radical (unpaired) electrons. The number of hydrogen-bond donors (Lipinski definition) is 3. The lowest BCUT2D eigenvalue weighted by atomic mass is 10.0. The molecule has 3 N–H and O–H groups in total. The van der Waals surface area contributed by atoms with E-state index in [0.29, 0.717) is 12.3 Å². The van der Waals surface area contributed by atoms with E-state index in [0.717, 1.165) is 16.8 Å². The first-order valence-corrected chi connectivity index (χ1v) is 8.39. The minimum Gasteiger partial charge on any atom is -0.396 e. The molecular formula is C20H26N2O2. The van der Waals surface area contributed by atoms with Crippen LogP contribution in [0.1, 0.15) is 43.4 Å². The highest BCUT2D eigenvalue weighted by atomic mass is 16.3. The third kappa shape index (κ3) is 5.18. The molecule has 0 spiro atoms. The minimum absolute atomic E-state index is 0.0395. The van der Waals surface area contributed by atoms with Gasteiger partial charge in [0, 0.05) is 18.3 Å². The lowest BCUT2D eigenvalue weighted by molar-refractivity contribution is -0.115. The second-order valence-electron chi connectivity index (χ2n) is 6.15. The van der Waals surface area contributed by atoms with Gasteiger partial charge in [0.05, 0.1) is 6.54 Å². The van der Waals surface area contributed by atoms with Crippen molar-refractivity contribution in [1.82, 2.24) is 5.32 Å². The molecule has 0 saturated heterocycles. The fraction of sp³-hybridized carbons (Fsp3) is 0.350. The van der Waals surface area contributed by atoms with Gasteiger partial charge < -0.3 is 15.7 Å². The summed E-state index contributed by atoms with van der Waals surface area (Å²) in [4.78, 5) is 12.3. The molecule has 2 aromatic carbocycles. The normalized spacial score (nSPS) is 12.2. The third-order valence-corrected chi connectivity index (χ3v) is 3.99. The Morgan fingerprint density at radius 1 is 1.04 bits per heavy atom. The molecule has 24 heavy (non-hydrogen) atoms. The van der Waals surface area contributed by atoms with Gasteiger partial charge in [-0.3, -0.25) is 4.79 Å². The van der Waals surface area contributed by atoms with Gasteiger partial charge in [-0.15, -0.1) is 0 Å². The van der Waals surface area contributed by atoms with Gasteiger partial charge >= 0.3 is 0 Å². The zero-order valence-electron chi connectivity index (χ0n) is 14.3. The summed E-state index contributed by atoms with van der Waals surface area (Å²) in [5.41, 5.74) is 3.06. The standard InChI is InChI=1S/C20H26N2O2/c1-15(2)17-10-6-7-11-19(17)22-20(24)14-21-18(12-13-23)16-8-4-3-5-9-16/h3-11,15,18,21,23H,12-14H2,1-2H3,(H,22,24). The number of nitrogens with one attached hydrogen (secondary N) is 2. The Labute approximate surface area is 143 Å². The summed E-state index contributed by atoms with van der Waals surface area (Å²) >= 11 is 0. The van der Waals surface area contributed by atoms with Crippen LogP contribution in [0, 0.1) is 0 Å². The number of amides is 1. The topological polar surface area (TPSA) is 61.4 Å².